The third-order valence-corrected chi connectivity index (χ3v) is 8.83. The second-order valence-corrected chi connectivity index (χ2v) is 15.4. The molecular weight excluding hydrogens is 297 g/mol. The van der Waals surface area contributed by atoms with Crippen LogP contribution in [-0.2, 0) is 9.63 Å². The SMILES string of the molecule is CCC(C)(C(F)(F)F)S(=O)(O)(O)CCC[Si](C)(C)C. The molecule has 0 aliphatic carbocycles. The summed E-state index contributed by atoms with van der Waals surface area (Å²) in [6.45, 7) is 7.83. The van der Waals surface area contributed by atoms with E-state index >= 15 is 0 Å². The van der Waals surface area contributed by atoms with Crippen molar-refractivity contribution >= 4 is 17.7 Å². The van der Waals surface area contributed by atoms with Crippen molar-refractivity contribution in [3.8, 4) is 0 Å². The fourth-order valence-electron chi connectivity index (χ4n) is 1.81. The van der Waals surface area contributed by atoms with Crippen LogP contribution in [0.5, 0.6) is 0 Å². The van der Waals surface area contributed by atoms with E-state index in [9.17, 15) is 26.5 Å². The molecule has 0 spiro atoms. The van der Waals surface area contributed by atoms with E-state index < -0.39 is 40.8 Å². The van der Waals surface area contributed by atoms with Crippen LogP contribution in [0.1, 0.15) is 26.7 Å². The number of hydrogen-bond acceptors (Lipinski definition) is 1. The molecular formula is C11H25F3O3SSi. The first-order valence-electron chi connectivity index (χ1n) is 6.26. The molecule has 118 valence electrons. The van der Waals surface area contributed by atoms with Crippen LogP contribution in [0.4, 0.5) is 13.2 Å². The van der Waals surface area contributed by atoms with Gasteiger partial charge in [-0.3, -0.25) is 0 Å². The predicted octanol–water partition coefficient (Wildman–Crippen LogP) is 4.21. The molecule has 0 rings (SSSR count). The normalized spacial score (nSPS) is 19.6. The van der Waals surface area contributed by atoms with Crippen molar-refractivity contribution in [3.63, 3.8) is 0 Å². The standard InChI is InChI=1S/C11H25F3O3SSi/c1-6-10(2,11(12,13)14)18(15,16,17)8-7-9-19(3,4)5/h6-9H2,1-5H3,(H2,15,16,17). The average molecular weight is 322 g/mol. The van der Waals surface area contributed by atoms with E-state index in [0.717, 1.165) is 6.92 Å². The van der Waals surface area contributed by atoms with Gasteiger partial charge in [0.2, 0.25) is 0 Å². The molecule has 1 unspecified atom stereocenters. The molecule has 0 aliphatic rings. The highest BCUT2D eigenvalue weighted by Gasteiger charge is 2.65. The Morgan fingerprint density at radius 2 is 1.58 bits per heavy atom. The van der Waals surface area contributed by atoms with E-state index in [1.165, 1.54) is 0 Å². The van der Waals surface area contributed by atoms with Crippen molar-refractivity contribution in [2.24, 2.45) is 0 Å². The van der Waals surface area contributed by atoms with Gasteiger partial charge < -0.3 is 9.11 Å². The zero-order valence-corrected chi connectivity index (χ0v) is 14.0. The van der Waals surface area contributed by atoms with Gasteiger partial charge in [-0.05, 0) is 19.8 Å². The van der Waals surface area contributed by atoms with Gasteiger partial charge in [0.15, 0.2) is 4.75 Å². The molecule has 0 heterocycles. The van der Waals surface area contributed by atoms with Crippen LogP contribution in [0.3, 0.4) is 0 Å². The smallest absolute Gasteiger partial charge is 0.307 e. The van der Waals surface area contributed by atoms with Gasteiger partial charge in [0.1, 0.15) is 0 Å². The lowest BCUT2D eigenvalue weighted by Gasteiger charge is -2.47. The minimum absolute atomic E-state index is 0.125. The maximum absolute atomic E-state index is 13.0. The summed E-state index contributed by atoms with van der Waals surface area (Å²) in [5.41, 5.74) is 0. The lowest BCUT2D eigenvalue weighted by molar-refractivity contribution is -0.162. The molecule has 1 atom stereocenters. The fourth-order valence-corrected chi connectivity index (χ4v) is 5.47. The second-order valence-electron chi connectivity index (χ2n) is 6.47. The summed E-state index contributed by atoms with van der Waals surface area (Å²) in [7, 11) is -7.28. The van der Waals surface area contributed by atoms with Crippen LogP contribution in [0, 0.1) is 0 Å². The Balaban J connectivity index is 5.24. The van der Waals surface area contributed by atoms with Gasteiger partial charge in [-0.15, -0.1) is 0 Å². The summed E-state index contributed by atoms with van der Waals surface area (Å²) < 4.78 is 67.9. The predicted molar refractivity (Wildman–Crippen MR) is 75.8 cm³/mol. The molecule has 3 nitrogen and oxygen atoms in total. The van der Waals surface area contributed by atoms with Crippen LogP contribution in [-0.4, -0.2) is 38.1 Å². The lowest BCUT2D eigenvalue weighted by Crippen LogP contribution is -2.63. The molecule has 0 saturated carbocycles. The molecule has 0 aromatic carbocycles. The highest BCUT2D eigenvalue weighted by atomic mass is 32.3. The van der Waals surface area contributed by atoms with E-state index in [4.69, 9.17) is 0 Å². The van der Waals surface area contributed by atoms with Crippen molar-refractivity contribution < 1.29 is 26.5 Å². The molecule has 0 fully saturated rings. The third kappa shape index (κ3) is 4.27. The number of rotatable bonds is 6. The van der Waals surface area contributed by atoms with Crippen LogP contribution in [0.25, 0.3) is 0 Å². The van der Waals surface area contributed by atoms with Gasteiger partial charge >= 0.3 is 6.18 Å². The maximum atomic E-state index is 13.0. The summed E-state index contributed by atoms with van der Waals surface area (Å²) in [5, 5.41) is 0. The molecule has 0 amide bonds. The topological polar surface area (TPSA) is 57.5 Å². The van der Waals surface area contributed by atoms with Gasteiger partial charge in [0, 0.05) is 13.8 Å². The minimum atomic E-state index is -5.75. The molecule has 0 aliphatic heterocycles. The van der Waals surface area contributed by atoms with Crippen molar-refractivity contribution in [2.45, 2.75) is 63.3 Å². The minimum Gasteiger partial charge on any atom is -0.307 e. The summed E-state index contributed by atoms with van der Waals surface area (Å²) >= 11 is 0. The average Bonchev–Trinajstić information content (AvgIpc) is 2.10. The largest absolute Gasteiger partial charge is 0.407 e. The quantitative estimate of drug-likeness (QED) is 0.720. The second kappa shape index (κ2) is 5.12. The summed E-state index contributed by atoms with van der Waals surface area (Å²) in [6.07, 6.45) is -5.43. The number of hydrogen-bond donors (Lipinski definition) is 2. The molecule has 0 bridgehead atoms. The highest BCUT2D eigenvalue weighted by molar-refractivity contribution is 8.11. The number of alkyl halides is 3. The van der Waals surface area contributed by atoms with Crippen LogP contribution in [0.2, 0.25) is 25.7 Å². The van der Waals surface area contributed by atoms with Gasteiger partial charge in [-0.1, -0.05) is 32.6 Å². The molecule has 8 heteroatoms. The molecule has 0 radical (unpaired) electrons. The van der Waals surface area contributed by atoms with Crippen molar-refractivity contribution in [2.75, 3.05) is 5.75 Å². The zero-order chi connectivity index (χ0) is 15.8. The maximum Gasteiger partial charge on any atom is 0.407 e. The Morgan fingerprint density at radius 1 is 1.16 bits per heavy atom. The molecule has 0 aromatic rings. The molecule has 0 saturated heterocycles. The van der Waals surface area contributed by atoms with Crippen molar-refractivity contribution in [1.29, 1.82) is 0 Å². The third-order valence-electron chi connectivity index (χ3n) is 3.62. The molecule has 2 N–H and O–H groups in total. The van der Waals surface area contributed by atoms with Crippen LogP contribution in [0.15, 0.2) is 0 Å². The highest BCUT2D eigenvalue weighted by Crippen LogP contribution is 2.49. The van der Waals surface area contributed by atoms with E-state index in [1.807, 2.05) is 19.6 Å². The zero-order valence-electron chi connectivity index (χ0n) is 12.2. The van der Waals surface area contributed by atoms with E-state index in [0.29, 0.717) is 13.0 Å². The van der Waals surface area contributed by atoms with E-state index in [2.05, 4.69) is 0 Å². The Morgan fingerprint density at radius 3 is 1.84 bits per heavy atom. The van der Waals surface area contributed by atoms with Crippen LogP contribution >= 0.6 is 0 Å². The van der Waals surface area contributed by atoms with Gasteiger partial charge in [-0.2, -0.15) is 13.2 Å². The molecule has 19 heavy (non-hydrogen) atoms. The number of halogens is 3. The first-order valence-corrected chi connectivity index (χ1v) is 12.0. The van der Waals surface area contributed by atoms with Crippen molar-refractivity contribution in [3.05, 3.63) is 0 Å². The van der Waals surface area contributed by atoms with Crippen molar-refractivity contribution in [1.82, 2.24) is 0 Å². The van der Waals surface area contributed by atoms with E-state index in [-0.39, 0.29) is 6.42 Å². The first-order chi connectivity index (χ1) is 8.05. The Labute approximate surface area is 114 Å². The Bertz CT molecular complexity index is 384. The van der Waals surface area contributed by atoms with E-state index in [1.54, 1.807) is 0 Å². The Hall–Kier alpha value is 0.0769. The lowest BCUT2D eigenvalue weighted by atomic mass is 10.1. The summed E-state index contributed by atoms with van der Waals surface area (Å²) in [4.78, 5) is 0. The van der Waals surface area contributed by atoms with Gasteiger partial charge in [0.05, 0.1) is 9.63 Å². The van der Waals surface area contributed by atoms with Gasteiger partial charge in [0.25, 0.3) is 0 Å². The Kier molecular flexibility index (Phi) is 5.14. The molecule has 0 aromatic heterocycles. The fraction of sp³-hybridized carbons (Fsp3) is 1.00. The first kappa shape index (κ1) is 19.1. The van der Waals surface area contributed by atoms with Gasteiger partial charge in [-0.25, -0.2) is 4.21 Å². The van der Waals surface area contributed by atoms with Crippen LogP contribution < -0.4 is 0 Å². The summed E-state index contributed by atoms with van der Waals surface area (Å²) in [6, 6.07) is 0.598. The monoisotopic (exact) mass is 322 g/mol. The summed E-state index contributed by atoms with van der Waals surface area (Å²) in [5.74, 6) is -0.717.